The largest absolute Gasteiger partial charge is 0.497 e. The van der Waals surface area contributed by atoms with Crippen LogP contribution in [0.25, 0.3) is 16.6 Å². The molecule has 0 saturated carbocycles. The van der Waals surface area contributed by atoms with Crippen LogP contribution in [0.4, 0.5) is 10.1 Å². The number of hydrogen-bond donors (Lipinski definition) is 1. The van der Waals surface area contributed by atoms with Crippen LogP contribution < -0.4 is 20.3 Å². The number of fused-ring (bicyclic) bond motifs is 1. The topological polar surface area (TPSA) is 114 Å². The Morgan fingerprint density at radius 1 is 1.02 bits per heavy atom. The van der Waals surface area contributed by atoms with Gasteiger partial charge in [0.2, 0.25) is 0 Å². The van der Waals surface area contributed by atoms with Crippen LogP contribution in [-0.2, 0) is 16.1 Å². The second-order valence-electron chi connectivity index (χ2n) is 11.3. The molecule has 2 heterocycles. The SMILES string of the molecule is C/C=C/C[C@@H](C)C(=O)O[C@@H](C)Cn1c(C)c(C(=O)Nc2ccc(Oc3ccnc4cc(OC)ccc34)c(F)c2)c(=O)n1-c1ccccc1. The Morgan fingerprint density at radius 2 is 1.79 bits per heavy atom. The molecule has 48 heavy (non-hydrogen) atoms. The Balaban J connectivity index is 1.39. The lowest BCUT2D eigenvalue weighted by Gasteiger charge is -2.20. The van der Waals surface area contributed by atoms with Gasteiger partial charge < -0.3 is 19.5 Å². The van der Waals surface area contributed by atoms with E-state index in [4.69, 9.17) is 14.2 Å². The van der Waals surface area contributed by atoms with Crippen LogP contribution in [0.5, 0.6) is 17.2 Å². The van der Waals surface area contributed by atoms with Crippen molar-refractivity contribution >= 4 is 28.5 Å². The molecule has 0 aliphatic heterocycles. The normalized spacial score (nSPS) is 12.5. The maximum Gasteiger partial charge on any atom is 0.309 e. The second kappa shape index (κ2) is 14.8. The van der Waals surface area contributed by atoms with Crippen LogP contribution in [-0.4, -0.2) is 39.4 Å². The molecular formula is C37H37FN4O6. The highest BCUT2D eigenvalue weighted by Gasteiger charge is 2.26. The Bertz CT molecular complexity index is 2040. The molecule has 5 rings (SSSR count). The number of carbonyl (C=O) groups is 2. The molecule has 2 atom stereocenters. The number of nitrogens with zero attached hydrogens (tertiary/aromatic N) is 3. The summed E-state index contributed by atoms with van der Waals surface area (Å²) >= 11 is 0. The van der Waals surface area contributed by atoms with Gasteiger partial charge in [0.15, 0.2) is 11.6 Å². The predicted octanol–water partition coefficient (Wildman–Crippen LogP) is 7.22. The van der Waals surface area contributed by atoms with Gasteiger partial charge in [-0.05, 0) is 69.7 Å². The maximum absolute atomic E-state index is 15.3. The van der Waals surface area contributed by atoms with Gasteiger partial charge in [-0.15, -0.1) is 0 Å². The lowest BCUT2D eigenvalue weighted by atomic mass is 10.1. The first-order valence-corrected chi connectivity index (χ1v) is 15.5. The number of para-hydroxylation sites is 1. The summed E-state index contributed by atoms with van der Waals surface area (Å²) < 4.78 is 35.1. The van der Waals surface area contributed by atoms with Crippen LogP contribution in [0.1, 0.15) is 43.2 Å². The van der Waals surface area contributed by atoms with Gasteiger partial charge in [0.1, 0.15) is 23.2 Å². The highest BCUT2D eigenvalue weighted by atomic mass is 19.1. The number of benzene rings is 3. The fraction of sp³-hybridized carbons (Fsp3) is 0.243. The highest BCUT2D eigenvalue weighted by Crippen LogP contribution is 2.33. The van der Waals surface area contributed by atoms with Crippen molar-refractivity contribution in [1.82, 2.24) is 14.3 Å². The molecule has 3 aromatic carbocycles. The molecule has 248 valence electrons. The second-order valence-corrected chi connectivity index (χ2v) is 11.3. The lowest BCUT2D eigenvalue weighted by molar-refractivity contribution is -0.153. The molecule has 0 radical (unpaired) electrons. The number of halogens is 1. The molecule has 0 aliphatic rings. The van der Waals surface area contributed by atoms with Crippen molar-refractivity contribution < 1.29 is 28.2 Å². The molecule has 1 amide bonds. The van der Waals surface area contributed by atoms with Crippen molar-refractivity contribution in [3.8, 4) is 22.9 Å². The van der Waals surface area contributed by atoms with E-state index in [0.717, 1.165) is 6.07 Å². The molecule has 11 heteroatoms. The fourth-order valence-electron chi connectivity index (χ4n) is 5.28. The van der Waals surface area contributed by atoms with E-state index in [-0.39, 0.29) is 35.4 Å². The molecule has 0 unspecified atom stereocenters. The molecule has 10 nitrogen and oxygen atoms in total. The number of ether oxygens (including phenoxy) is 3. The number of anilines is 1. The Labute approximate surface area is 277 Å². The summed E-state index contributed by atoms with van der Waals surface area (Å²) in [5, 5.41) is 3.31. The zero-order valence-electron chi connectivity index (χ0n) is 27.4. The van der Waals surface area contributed by atoms with Crippen LogP contribution in [0.2, 0.25) is 0 Å². The van der Waals surface area contributed by atoms with Crippen LogP contribution in [0.15, 0.2) is 95.9 Å². The third-order valence-corrected chi connectivity index (χ3v) is 7.82. The molecule has 5 aromatic rings. The number of carbonyl (C=O) groups excluding carboxylic acids is 2. The number of aromatic nitrogens is 3. The van der Waals surface area contributed by atoms with Crippen molar-refractivity contribution in [2.45, 2.75) is 46.8 Å². The lowest BCUT2D eigenvalue weighted by Crippen LogP contribution is -2.30. The number of hydrogen-bond acceptors (Lipinski definition) is 7. The quantitative estimate of drug-likeness (QED) is 0.112. The van der Waals surface area contributed by atoms with Crippen LogP contribution >= 0.6 is 0 Å². The van der Waals surface area contributed by atoms with Gasteiger partial charge in [-0.2, -0.15) is 0 Å². The van der Waals surface area contributed by atoms with Crippen molar-refractivity contribution in [2.75, 3.05) is 12.4 Å². The third-order valence-electron chi connectivity index (χ3n) is 7.82. The van der Waals surface area contributed by atoms with E-state index < -0.39 is 23.4 Å². The van der Waals surface area contributed by atoms with Gasteiger partial charge in [-0.25, -0.2) is 9.07 Å². The number of allylic oxidation sites excluding steroid dienone is 2. The van der Waals surface area contributed by atoms with Gasteiger partial charge >= 0.3 is 5.97 Å². The number of pyridine rings is 1. The number of amides is 1. The summed E-state index contributed by atoms with van der Waals surface area (Å²) in [6, 6.07) is 19.8. The Morgan fingerprint density at radius 3 is 2.50 bits per heavy atom. The number of methoxy groups -OCH3 is 1. The molecule has 0 spiro atoms. The molecule has 1 N–H and O–H groups in total. The van der Waals surface area contributed by atoms with Crippen molar-refractivity contribution in [1.29, 1.82) is 0 Å². The summed E-state index contributed by atoms with van der Waals surface area (Å²) in [5.41, 5.74) is 0.929. The van der Waals surface area contributed by atoms with E-state index in [9.17, 15) is 14.4 Å². The van der Waals surface area contributed by atoms with Gasteiger partial charge in [-0.1, -0.05) is 37.3 Å². The van der Waals surface area contributed by atoms with E-state index in [1.54, 1.807) is 87.3 Å². The van der Waals surface area contributed by atoms with E-state index in [1.807, 2.05) is 25.1 Å². The van der Waals surface area contributed by atoms with Crippen molar-refractivity contribution in [2.24, 2.45) is 5.92 Å². The van der Waals surface area contributed by atoms with Crippen molar-refractivity contribution in [3.05, 3.63) is 119 Å². The standard InChI is InChI=1S/C37H37FN4O6/c1-6-7-11-23(2)37(45)47-24(3)22-41-25(4)34(36(44)42(41)27-12-9-8-10-13-27)35(43)40-26-14-17-33(30(38)20-26)48-32-18-19-39-31-21-28(46-5)15-16-29(31)32/h6-10,12-21,23-24H,11,22H2,1-5H3,(H,40,43)/b7-6+/t23-,24+/m1/s1. The third kappa shape index (κ3) is 7.30. The first-order chi connectivity index (χ1) is 23.1. The van der Waals surface area contributed by atoms with Gasteiger partial charge in [-0.3, -0.25) is 24.0 Å². The summed E-state index contributed by atoms with van der Waals surface area (Å²) in [6.45, 7) is 7.17. The zero-order valence-corrected chi connectivity index (χ0v) is 27.4. The fourth-order valence-corrected chi connectivity index (χ4v) is 5.28. The minimum absolute atomic E-state index is 0.0614. The predicted molar refractivity (Wildman–Crippen MR) is 182 cm³/mol. The first kappa shape index (κ1) is 33.6. The van der Waals surface area contributed by atoms with Gasteiger partial charge in [0.25, 0.3) is 11.5 Å². The summed E-state index contributed by atoms with van der Waals surface area (Å²) in [6.07, 6.45) is 5.27. The van der Waals surface area contributed by atoms with E-state index in [2.05, 4.69) is 10.3 Å². The van der Waals surface area contributed by atoms with Crippen LogP contribution in [0.3, 0.4) is 0 Å². The molecule has 2 aromatic heterocycles. The molecule has 0 fully saturated rings. The average molecular weight is 653 g/mol. The number of esters is 1. The number of rotatable bonds is 12. The van der Waals surface area contributed by atoms with E-state index in [1.165, 1.54) is 16.8 Å². The smallest absolute Gasteiger partial charge is 0.309 e. The minimum Gasteiger partial charge on any atom is -0.497 e. The summed E-state index contributed by atoms with van der Waals surface area (Å²) in [5.74, 6) is -1.17. The van der Waals surface area contributed by atoms with E-state index in [0.29, 0.717) is 40.2 Å². The van der Waals surface area contributed by atoms with Gasteiger partial charge in [0, 0.05) is 29.4 Å². The minimum atomic E-state index is -0.721. The average Bonchev–Trinajstić information content (AvgIpc) is 3.32. The highest BCUT2D eigenvalue weighted by molar-refractivity contribution is 6.05. The molecule has 0 bridgehead atoms. The monoisotopic (exact) mass is 652 g/mol. The Hall–Kier alpha value is -5.71. The summed E-state index contributed by atoms with van der Waals surface area (Å²) in [4.78, 5) is 44.4. The molecular weight excluding hydrogens is 615 g/mol. The molecule has 0 saturated heterocycles. The maximum atomic E-state index is 15.3. The number of nitrogens with one attached hydrogen (secondary N) is 1. The van der Waals surface area contributed by atoms with Gasteiger partial charge in [0.05, 0.1) is 36.5 Å². The van der Waals surface area contributed by atoms with Crippen LogP contribution in [0, 0.1) is 18.7 Å². The Kier molecular flexibility index (Phi) is 10.4. The molecule has 0 aliphatic carbocycles. The van der Waals surface area contributed by atoms with E-state index >= 15 is 4.39 Å². The zero-order chi connectivity index (χ0) is 34.4. The van der Waals surface area contributed by atoms with Crippen molar-refractivity contribution in [3.63, 3.8) is 0 Å². The summed E-state index contributed by atoms with van der Waals surface area (Å²) in [7, 11) is 1.56. The first-order valence-electron chi connectivity index (χ1n) is 15.5.